The minimum atomic E-state index is -0.0542. The second kappa shape index (κ2) is 3.80. The molecule has 1 unspecified atom stereocenters. The molecule has 62 valence electrons. The molecule has 1 heteroatoms. The standard InChI is InChI=1S/C11H15B/c1-3-11(2,12)9-10-7-5-4-6-8-10/h4-8H,3,9H2,1-2H3. The van der Waals surface area contributed by atoms with Crippen molar-refractivity contribution in [2.24, 2.45) is 0 Å². The highest BCUT2D eigenvalue weighted by Crippen LogP contribution is 2.29. The maximum absolute atomic E-state index is 6.05. The van der Waals surface area contributed by atoms with Crippen molar-refractivity contribution in [3.63, 3.8) is 0 Å². The van der Waals surface area contributed by atoms with Crippen molar-refractivity contribution in [3.8, 4) is 0 Å². The Morgan fingerprint density at radius 1 is 1.25 bits per heavy atom. The zero-order chi connectivity index (χ0) is 9.03. The number of rotatable bonds is 3. The molecule has 0 saturated heterocycles. The maximum atomic E-state index is 6.05. The quantitative estimate of drug-likeness (QED) is 0.593. The monoisotopic (exact) mass is 158 g/mol. The zero-order valence-corrected chi connectivity index (χ0v) is 7.88. The summed E-state index contributed by atoms with van der Waals surface area (Å²) in [7, 11) is 6.05. The van der Waals surface area contributed by atoms with Crippen LogP contribution < -0.4 is 0 Å². The molecule has 0 aliphatic heterocycles. The lowest BCUT2D eigenvalue weighted by molar-refractivity contribution is 0.587. The van der Waals surface area contributed by atoms with E-state index < -0.39 is 0 Å². The van der Waals surface area contributed by atoms with Crippen LogP contribution in [0.15, 0.2) is 30.3 Å². The van der Waals surface area contributed by atoms with Gasteiger partial charge < -0.3 is 0 Å². The van der Waals surface area contributed by atoms with Crippen LogP contribution in [-0.2, 0) is 6.42 Å². The van der Waals surface area contributed by atoms with E-state index in [-0.39, 0.29) is 5.31 Å². The van der Waals surface area contributed by atoms with Gasteiger partial charge in [0.15, 0.2) is 0 Å². The Morgan fingerprint density at radius 3 is 2.33 bits per heavy atom. The van der Waals surface area contributed by atoms with Gasteiger partial charge in [-0.1, -0.05) is 55.9 Å². The highest BCUT2D eigenvalue weighted by atomic mass is 14.1. The summed E-state index contributed by atoms with van der Waals surface area (Å²) in [6, 6.07) is 10.4. The Hall–Kier alpha value is -0.715. The van der Waals surface area contributed by atoms with E-state index in [0.29, 0.717) is 0 Å². The van der Waals surface area contributed by atoms with Gasteiger partial charge >= 0.3 is 0 Å². The maximum Gasteiger partial charge on any atom is 0.0746 e. The molecule has 2 radical (unpaired) electrons. The van der Waals surface area contributed by atoms with Gasteiger partial charge in [-0.3, -0.25) is 0 Å². The van der Waals surface area contributed by atoms with Crippen molar-refractivity contribution in [2.75, 3.05) is 0 Å². The average molecular weight is 158 g/mol. The molecular formula is C11H15B. The van der Waals surface area contributed by atoms with Crippen molar-refractivity contribution in [1.29, 1.82) is 0 Å². The highest BCUT2D eigenvalue weighted by molar-refractivity contribution is 6.14. The fourth-order valence-electron chi connectivity index (χ4n) is 1.19. The summed E-state index contributed by atoms with van der Waals surface area (Å²) in [5.41, 5.74) is 1.32. The summed E-state index contributed by atoms with van der Waals surface area (Å²) < 4.78 is 0. The Bertz CT molecular complexity index is 226. The van der Waals surface area contributed by atoms with Crippen LogP contribution in [0.5, 0.6) is 0 Å². The molecular weight excluding hydrogens is 143 g/mol. The predicted molar refractivity (Wildman–Crippen MR) is 54.6 cm³/mol. The van der Waals surface area contributed by atoms with E-state index >= 15 is 0 Å². The lowest BCUT2D eigenvalue weighted by atomic mass is 9.65. The van der Waals surface area contributed by atoms with Crippen molar-refractivity contribution in [2.45, 2.75) is 32.0 Å². The molecule has 12 heavy (non-hydrogen) atoms. The molecule has 1 aromatic rings. The molecule has 0 nitrogen and oxygen atoms in total. The number of benzene rings is 1. The van der Waals surface area contributed by atoms with Gasteiger partial charge in [-0.2, -0.15) is 0 Å². The summed E-state index contributed by atoms with van der Waals surface area (Å²) >= 11 is 0. The predicted octanol–water partition coefficient (Wildman–Crippen LogP) is 2.99. The largest absolute Gasteiger partial charge is 0.0746 e. The summed E-state index contributed by atoms with van der Waals surface area (Å²) in [6.07, 6.45) is 1.98. The lowest BCUT2D eigenvalue weighted by Crippen LogP contribution is -2.09. The second-order valence-electron chi connectivity index (χ2n) is 3.67. The van der Waals surface area contributed by atoms with E-state index in [2.05, 4.69) is 38.1 Å². The third-order valence-electron chi connectivity index (χ3n) is 2.26. The first-order chi connectivity index (χ1) is 5.64. The summed E-state index contributed by atoms with van der Waals surface area (Å²) in [5, 5.41) is -0.0542. The molecule has 0 fully saturated rings. The molecule has 0 aliphatic rings. The van der Waals surface area contributed by atoms with Crippen molar-refractivity contribution >= 4 is 7.85 Å². The second-order valence-corrected chi connectivity index (χ2v) is 3.67. The van der Waals surface area contributed by atoms with E-state index in [0.717, 1.165) is 12.8 Å². The zero-order valence-electron chi connectivity index (χ0n) is 7.88. The Balaban J connectivity index is 2.64. The van der Waals surface area contributed by atoms with Gasteiger partial charge in [0, 0.05) is 0 Å². The van der Waals surface area contributed by atoms with Crippen LogP contribution >= 0.6 is 0 Å². The first-order valence-corrected chi connectivity index (χ1v) is 4.47. The third kappa shape index (κ3) is 2.73. The summed E-state index contributed by atoms with van der Waals surface area (Å²) in [6.45, 7) is 4.23. The van der Waals surface area contributed by atoms with E-state index in [1.54, 1.807) is 0 Å². The molecule has 0 bridgehead atoms. The Kier molecular flexibility index (Phi) is 2.96. The van der Waals surface area contributed by atoms with Crippen LogP contribution in [0.1, 0.15) is 25.8 Å². The summed E-state index contributed by atoms with van der Waals surface area (Å²) in [4.78, 5) is 0. The highest BCUT2D eigenvalue weighted by Gasteiger charge is 2.14. The molecule has 0 spiro atoms. The Morgan fingerprint density at radius 2 is 1.83 bits per heavy atom. The summed E-state index contributed by atoms with van der Waals surface area (Å²) in [5.74, 6) is 0. The SMILES string of the molecule is [B]C(C)(CC)Cc1ccccc1. The van der Waals surface area contributed by atoms with Gasteiger partial charge in [-0.25, -0.2) is 0 Å². The number of hydrogen-bond donors (Lipinski definition) is 0. The van der Waals surface area contributed by atoms with Gasteiger partial charge in [0.1, 0.15) is 0 Å². The molecule has 1 rings (SSSR count). The third-order valence-corrected chi connectivity index (χ3v) is 2.26. The minimum Gasteiger partial charge on any atom is -0.0673 e. The van der Waals surface area contributed by atoms with Gasteiger partial charge in [0.05, 0.1) is 7.85 Å². The Labute approximate surface area is 76.4 Å². The first-order valence-electron chi connectivity index (χ1n) is 4.47. The molecule has 1 atom stereocenters. The molecule has 0 amide bonds. The van der Waals surface area contributed by atoms with Crippen molar-refractivity contribution in [3.05, 3.63) is 35.9 Å². The first kappa shape index (κ1) is 9.37. The van der Waals surface area contributed by atoms with Crippen LogP contribution in [0.3, 0.4) is 0 Å². The smallest absolute Gasteiger partial charge is 0.0673 e. The van der Waals surface area contributed by atoms with Crippen LogP contribution in [0.25, 0.3) is 0 Å². The molecule has 0 aromatic heterocycles. The van der Waals surface area contributed by atoms with E-state index in [9.17, 15) is 0 Å². The van der Waals surface area contributed by atoms with Gasteiger partial charge in [-0.15, -0.1) is 0 Å². The lowest BCUT2D eigenvalue weighted by Gasteiger charge is -2.22. The fraction of sp³-hybridized carbons (Fsp3) is 0.455. The average Bonchev–Trinajstić information content (AvgIpc) is 2.06. The molecule has 0 aliphatic carbocycles. The van der Waals surface area contributed by atoms with Crippen LogP contribution in [0, 0.1) is 0 Å². The van der Waals surface area contributed by atoms with Crippen LogP contribution in [0.4, 0.5) is 0 Å². The van der Waals surface area contributed by atoms with Gasteiger partial charge in [0.25, 0.3) is 0 Å². The minimum absolute atomic E-state index is 0.0542. The number of hydrogen-bond acceptors (Lipinski definition) is 0. The van der Waals surface area contributed by atoms with Crippen LogP contribution in [0.2, 0.25) is 5.31 Å². The van der Waals surface area contributed by atoms with E-state index in [1.165, 1.54) is 5.56 Å². The van der Waals surface area contributed by atoms with Crippen LogP contribution in [-0.4, -0.2) is 7.85 Å². The molecule has 0 N–H and O–H groups in total. The molecule has 0 saturated carbocycles. The van der Waals surface area contributed by atoms with Gasteiger partial charge in [-0.05, 0) is 12.0 Å². The van der Waals surface area contributed by atoms with Crippen molar-refractivity contribution in [1.82, 2.24) is 0 Å². The molecule has 1 aromatic carbocycles. The molecule has 0 heterocycles. The van der Waals surface area contributed by atoms with Crippen molar-refractivity contribution < 1.29 is 0 Å². The van der Waals surface area contributed by atoms with Gasteiger partial charge in [0.2, 0.25) is 0 Å². The normalized spacial score (nSPS) is 15.5. The van der Waals surface area contributed by atoms with E-state index in [4.69, 9.17) is 7.85 Å². The topological polar surface area (TPSA) is 0 Å². The van der Waals surface area contributed by atoms with E-state index in [1.807, 2.05) is 6.07 Å². The fourth-order valence-corrected chi connectivity index (χ4v) is 1.19.